The van der Waals surface area contributed by atoms with E-state index >= 15 is 0 Å². The lowest BCUT2D eigenvalue weighted by atomic mass is 10.2. The molecule has 1 radical (unpaired) electrons. The van der Waals surface area contributed by atoms with Gasteiger partial charge in [0.1, 0.15) is 11.8 Å². The molecule has 0 amide bonds. The van der Waals surface area contributed by atoms with Crippen LogP contribution in [0, 0.1) is 6.20 Å². The first-order valence-corrected chi connectivity index (χ1v) is 2.71. The Balaban J connectivity index is 3.14. The van der Waals surface area contributed by atoms with Gasteiger partial charge >= 0.3 is 6.18 Å². The molecule has 0 fully saturated rings. The molecule has 5 heteroatoms. The lowest BCUT2D eigenvalue weighted by Gasteiger charge is -2.06. The van der Waals surface area contributed by atoms with Crippen LogP contribution in [0.5, 0.6) is 0 Å². The highest BCUT2D eigenvalue weighted by molar-refractivity contribution is 5.45. The van der Waals surface area contributed by atoms with Crippen molar-refractivity contribution >= 4 is 5.69 Å². The maximum Gasteiger partial charge on any atom is 0.420 e. The zero-order valence-electron chi connectivity index (χ0n) is 5.31. The van der Waals surface area contributed by atoms with E-state index in [-0.39, 0.29) is 5.69 Å². The first-order valence-electron chi connectivity index (χ1n) is 2.71. The number of halogens is 3. The van der Waals surface area contributed by atoms with Crippen molar-refractivity contribution in [3.63, 3.8) is 0 Å². The molecule has 0 bridgehead atoms. The first-order chi connectivity index (χ1) is 5.02. The van der Waals surface area contributed by atoms with Crippen molar-refractivity contribution in [3.05, 3.63) is 24.0 Å². The molecule has 0 atom stereocenters. The van der Waals surface area contributed by atoms with E-state index in [0.717, 1.165) is 12.3 Å². The van der Waals surface area contributed by atoms with Gasteiger partial charge in [0.15, 0.2) is 0 Å². The molecule has 0 spiro atoms. The maximum absolute atomic E-state index is 11.9. The third-order valence-electron chi connectivity index (χ3n) is 1.08. The Morgan fingerprint density at radius 2 is 2.09 bits per heavy atom. The average molecular weight is 161 g/mol. The minimum Gasteiger partial charge on any atom is -0.398 e. The summed E-state index contributed by atoms with van der Waals surface area (Å²) >= 11 is 0. The Morgan fingerprint density at radius 3 is 2.45 bits per heavy atom. The van der Waals surface area contributed by atoms with Gasteiger partial charge in [-0.05, 0) is 6.07 Å². The van der Waals surface area contributed by atoms with E-state index in [1.54, 1.807) is 6.20 Å². The molecule has 1 aromatic rings. The third kappa shape index (κ3) is 1.60. The maximum atomic E-state index is 11.9. The second-order valence-corrected chi connectivity index (χ2v) is 1.88. The number of aromatic nitrogens is 1. The van der Waals surface area contributed by atoms with Crippen LogP contribution in [0.25, 0.3) is 0 Å². The molecule has 1 rings (SSSR count). The van der Waals surface area contributed by atoms with E-state index < -0.39 is 11.7 Å². The third-order valence-corrected chi connectivity index (χ3v) is 1.08. The summed E-state index contributed by atoms with van der Waals surface area (Å²) in [6.07, 6.45) is -1.53. The predicted molar refractivity (Wildman–Crippen MR) is 32.5 cm³/mol. The molecular formula is C6H4F3N2. The van der Waals surface area contributed by atoms with E-state index in [2.05, 4.69) is 4.98 Å². The number of anilines is 1. The van der Waals surface area contributed by atoms with Gasteiger partial charge in [0, 0.05) is 11.9 Å². The van der Waals surface area contributed by atoms with Crippen molar-refractivity contribution in [2.24, 2.45) is 0 Å². The van der Waals surface area contributed by atoms with E-state index in [4.69, 9.17) is 5.73 Å². The number of pyridine rings is 1. The monoisotopic (exact) mass is 161 g/mol. The van der Waals surface area contributed by atoms with Crippen LogP contribution in [0.4, 0.5) is 18.9 Å². The first kappa shape index (κ1) is 7.84. The minimum absolute atomic E-state index is 0.354. The average Bonchev–Trinajstić information content (AvgIpc) is 1.86. The highest BCUT2D eigenvalue weighted by Gasteiger charge is 2.33. The lowest BCUT2D eigenvalue weighted by molar-refractivity contribution is -0.137. The summed E-state index contributed by atoms with van der Waals surface area (Å²) in [5, 5.41) is 0. The standard InChI is InChI=1S/C6H4F3N2/c7-6(8,9)4-3-11-2-1-5(4)10/h1-2H,(H2,10,11). The van der Waals surface area contributed by atoms with E-state index in [1.807, 2.05) is 0 Å². The van der Waals surface area contributed by atoms with Crippen LogP contribution in [0.15, 0.2) is 12.3 Å². The van der Waals surface area contributed by atoms with Crippen molar-refractivity contribution in [2.45, 2.75) is 6.18 Å². The molecule has 0 aromatic carbocycles. The summed E-state index contributed by atoms with van der Waals surface area (Å²) in [5.41, 5.74) is 3.65. The largest absolute Gasteiger partial charge is 0.420 e. The zero-order valence-corrected chi connectivity index (χ0v) is 5.31. The summed E-state index contributed by atoms with van der Waals surface area (Å²) in [5.74, 6) is 0. The van der Waals surface area contributed by atoms with E-state index in [9.17, 15) is 13.2 Å². The van der Waals surface area contributed by atoms with Gasteiger partial charge in [-0.1, -0.05) is 0 Å². The van der Waals surface area contributed by atoms with Crippen LogP contribution in [0.1, 0.15) is 5.56 Å². The van der Waals surface area contributed by atoms with Crippen LogP contribution in [0.2, 0.25) is 0 Å². The van der Waals surface area contributed by atoms with Crippen LogP contribution < -0.4 is 5.73 Å². The summed E-state index contributed by atoms with van der Waals surface area (Å²) in [4.78, 5) is 3.19. The fraction of sp³-hybridized carbons (Fsp3) is 0.167. The normalized spacial score (nSPS) is 11.5. The van der Waals surface area contributed by atoms with Gasteiger partial charge in [0.05, 0.1) is 0 Å². The van der Waals surface area contributed by atoms with Crippen LogP contribution >= 0.6 is 0 Å². The molecule has 11 heavy (non-hydrogen) atoms. The van der Waals surface area contributed by atoms with Crippen LogP contribution in [-0.4, -0.2) is 4.98 Å². The molecule has 2 N–H and O–H groups in total. The predicted octanol–water partition coefficient (Wildman–Crippen LogP) is 1.48. The molecule has 0 unspecified atom stereocenters. The molecule has 0 aliphatic carbocycles. The fourth-order valence-corrected chi connectivity index (χ4v) is 0.594. The Bertz CT molecular complexity index is 256. The van der Waals surface area contributed by atoms with Crippen molar-refractivity contribution in [1.29, 1.82) is 0 Å². The summed E-state index contributed by atoms with van der Waals surface area (Å²) in [6.45, 7) is 0. The van der Waals surface area contributed by atoms with Crippen LogP contribution in [-0.2, 0) is 6.18 Å². The summed E-state index contributed by atoms with van der Waals surface area (Å²) in [6, 6.07) is 1.08. The quantitative estimate of drug-likeness (QED) is 0.625. The summed E-state index contributed by atoms with van der Waals surface area (Å²) in [7, 11) is 0. The van der Waals surface area contributed by atoms with E-state index in [0.29, 0.717) is 0 Å². The number of hydrogen-bond donors (Lipinski definition) is 1. The number of alkyl halides is 3. The number of nitrogen functional groups attached to an aromatic ring is 1. The van der Waals surface area contributed by atoms with Gasteiger partial charge in [0.2, 0.25) is 0 Å². The molecule has 1 heterocycles. The van der Waals surface area contributed by atoms with Gasteiger partial charge in [-0.15, -0.1) is 0 Å². The molecule has 2 nitrogen and oxygen atoms in total. The fourth-order valence-electron chi connectivity index (χ4n) is 0.594. The van der Waals surface area contributed by atoms with E-state index in [1.165, 1.54) is 0 Å². The number of nitrogens with zero attached hydrogens (tertiary/aromatic N) is 1. The summed E-state index contributed by atoms with van der Waals surface area (Å²) < 4.78 is 35.7. The molecular weight excluding hydrogens is 157 g/mol. The van der Waals surface area contributed by atoms with Crippen molar-refractivity contribution in [1.82, 2.24) is 4.98 Å². The van der Waals surface area contributed by atoms with Gasteiger partial charge in [-0.25, -0.2) is 0 Å². The SMILES string of the molecule is Nc1ccn[c]c1C(F)(F)F. The van der Waals surface area contributed by atoms with Crippen LogP contribution in [0.3, 0.4) is 0 Å². The van der Waals surface area contributed by atoms with Crippen molar-refractivity contribution < 1.29 is 13.2 Å². The molecule has 0 aliphatic rings. The molecule has 1 aromatic heterocycles. The Kier molecular flexibility index (Phi) is 1.72. The smallest absolute Gasteiger partial charge is 0.398 e. The van der Waals surface area contributed by atoms with Gasteiger partial charge < -0.3 is 5.73 Å². The number of hydrogen-bond acceptors (Lipinski definition) is 2. The zero-order chi connectivity index (χ0) is 8.48. The van der Waals surface area contributed by atoms with Gasteiger partial charge in [-0.3, -0.25) is 4.98 Å². The molecule has 59 valence electrons. The number of rotatable bonds is 0. The Hall–Kier alpha value is -1.26. The molecule has 0 saturated heterocycles. The highest BCUT2D eigenvalue weighted by Crippen LogP contribution is 2.31. The second-order valence-electron chi connectivity index (χ2n) is 1.88. The highest BCUT2D eigenvalue weighted by atomic mass is 19.4. The topological polar surface area (TPSA) is 38.9 Å². The minimum atomic E-state index is -4.46. The van der Waals surface area contributed by atoms with Crippen molar-refractivity contribution in [2.75, 3.05) is 5.73 Å². The Morgan fingerprint density at radius 1 is 1.45 bits per heavy atom. The van der Waals surface area contributed by atoms with Crippen molar-refractivity contribution in [3.8, 4) is 0 Å². The lowest BCUT2D eigenvalue weighted by Crippen LogP contribution is -2.09. The Labute approximate surface area is 60.9 Å². The number of nitrogens with two attached hydrogens (primary N) is 1. The van der Waals surface area contributed by atoms with Gasteiger partial charge in [0.25, 0.3) is 0 Å². The molecule has 0 aliphatic heterocycles. The molecule has 0 saturated carbocycles. The second kappa shape index (κ2) is 2.41. The van der Waals surface area contributed by atoms with Gasteiger partial charge in [-0.2, -0.15) is 13.2 Å².